The van der Waals surface area contributed by atoms with Crippen molar-refractivity contribution in [3.63, 3.8) is 0 Å². The molecule has 1 spiro atoms. The SMILES string of the molecule is Cl.c1ccc(CN2CCCC3(C2)Nc2ccccc2-n2cccc23)cc1. The Kier molecular flexibility index (Phi) is 4.51. The van der Waals surface area contributed by atoms with Crippen molar-refractivity contribution in [3.8, 4) is 5.69 Å². The minimum atomic E-state index is 0. The molecule has 0 aliphatic carbocycles. The summed E-state index contributed by atoms with van der Waals surface area (Å²) in [7, 11) is 0. The molecule has 1 aromatic heterocycles. The molecule has 4 heteroatoms. The van der Waals surface area contributed by atoms with Gasteiger partial charge in [0.25, 0.3) is 0 Å². The number of nitrogens with zero attached hydrogens (tertiary/aromatic N) is 2. The van der Waals surface area contributed by atoms with Gasteiger partial charge in [0.2, 0.25) is 0 Å². The lowest BCUT2D eigenvalue weighted by Gasteiger charge is -2.47. The molecule has 3 nitrogen and oxygen atoms in total. The normalized spacial score (nSPS) is 21.4. The molecule has 0 bridgehead atoms. The van der Waals surface area contributed by atoms with Crippen LogP contribution in [0.2, 0.25) is 0 Å². The molecule has 2 aliphatic rings. The summed E-state index contributed by atoms with van der Waals surface area (Å²) >= 11 is 0. The van der Waals surface area contributed by atoms with Crippen LogP contribution in [0.15, 0.2) is 72.9 Å². The van der Waals surface area contributed by atoms with E-state index in [-0.39, 0.29) is 17.9 Å². The smallest absolute Gasteiger partial charge is 0.0908 e. The van der Waals surface area contributed by atoms with Crippen molar-refractivity contribution in [2.24, 2.45) is 0 Å². The lowest BCUT2D eigenvalue weighted by molar-refractivity contribution is 0.150. The van der Waals surface area contributed by atoms with Crippen LogP contribution < -0.4 is 5.32 Å². The van der Waals surface area contributed by atoms with Crippen LogP contribution in [-0.4, -0.2) is 22.6 Å². The third-order valence-corrected chi connectivity index (χ3v) is 5.60. The van der Waals surface area contributed by atoms with Crippen LogP contribution in [0.1, 0.15) is 24.1 Å². The average Bonchev–Trinajstić information content (AvgIpc) is 3.14. The molecule has 2 aromatic carbocycles. The summed E-state index contributed by atoms with van der Waals surface area (Å²) in [6, 6.07) is 23.9. The summed E-state index contributed by atoms with van der Waals surface area (Å²) in [5.74, 6) is 0. The van der Waals surface area contributed by atoms with E-state index in [1.165, 1.54) is 42.0 Å². The van der Waals surface area contributed by atoms with E-state index >= 15 is 0 Å². The molecule has 0 amide bonds. The van der Waals surface area contributed by atoms with Crippen molar-refractivity contribution in [3.05, 3.63) is 84.2 Å². The van der Waals surface area contributed by atoms with E-state index in [1.54, 1.807) is 0 Å². The molecule has 26 heavy (non-hydrogen) atoms. The number of fused-ring (bicyclic) bond motifs is 4. The molecule has 0 radical (unpaired) electrons. The van der Waals surface area contributed by atoms with E-state index < -0.39 is 0 Å². The zero-order valence-electron chi connectivity index (χ0n) is 14.8. The fourth-order valence-corrected chi connectivity index (χ4v) is 4.52. The third-order valence-electron chi connectivity index (χ3n) is 5.60. The fraction of sp³-hybridized carbons (Fsp3) is 0.273. The summed E-state index contributed by atoms with van der Waals surface area (Å²) in [5, 5.41) is 3.91. The molecular weight excluding hydrogens is 342 g/mol. The highest BCUT2D eigenvalue weighted by molar-refractivity contribution is 5.85. The van der Waals surface area contributed by atoms with Crippen molar-refractivity contribution >= 4 is 18.1 Å². The van der Waals surface area contributed by atoms with Crippen molar-refractivity contribution in [1.29, 1.82) is 0 Å². The van der Waals surface area contributed by atoms with Gasteiger partial charge in [-0.1, -0.05) is 42.5 Å². The van der Waals surface area contributed by atoms with E-state index in [9.17, 15) is 0 Å². The van der Waals surface area contributed by atoms with Crippen LogP contribution in [0.3, 0.4) is 0 Å². The van der Waals surface area contributed by atoms with Crippen LogP contribution in [0, 0.1) is 0 Å². The summed E-state index contributed by atoms with van der Waals surface area (Å²) in [6.07, 6.45) is 4.59. The van der Waals surface area contributed by atoms with Crippen LogP contribution >= 0.6 is 12.4 Å². The Morgan fingerprint density at radius 3 is 2.62 bits per heavy atom. The zero-order chi connectivity index (χ0) is 16.7. The number of likely N-dealkylation sites (tertiary alicyclic amines) is 1. The lowest BCUT2D eigenvalue weighted by atomic mass is 9.83. The number of aromatic nitrogens is 1. The lowest BCUT2D eigenvalue weighted by Crippen LogP contribution is -2.52. The quantitative estimate of drug-likeness (QED) is 0.702. The second-order valence-electron chi connectivity index (χ2n) is 7.29. The van der Waals surface area contributed by atoms with Crippen LogP contribution in [0.25, 0.3) is 5.69 Å². The molecule has 1 fully saturated rings. The van der Waals surface area contributed by atoms with Gasteiger partial charge in [0, 0.05) is 25.0 Å². The van der Waals surface area contributed by atoms with Gasteiger partial charge >= 0.3 is 0 Å². The van der Waals surface area contributed by atoms with Gasteiger partial charge in [-0.3, -0.25) is 4.90 Å². The van der Waals surface area contributed by atoms with Crippen molar-refractivity contribution in [1.82, 2.24) is 9.47 Å². The van der Waals surface area contributed by atoms with Gasteiger partial charge in [-0.2, -0.15) is 0 Å². The van der Waals surface area contributed by atoms with Crippen molar-refractivity contribution in [2.45, 2.75) is 24.9 Å². The first-order valence-electron chi connectivity index (χ1n) is 9.16. The summed E-state index contributed by atoms with van der Waals surface area (Å²) < 4.78 is 2.37. The minimum Gasteiger partial charge on any atom is -0.371 e. The van der Waals surface area contributed by atoms with Crippen LogP contribution in [0.4, 0.5) is 5.69 Å². The predicted octanol–water partition coefficient (Wildman–Crippen LogP) is 4.82. The molecular formula is C22H24ClN3. The van der Waals surface area contributed by atoms with Gasteiger partial charge in [-0.05, 0) is 49.2 Å². The predicted molar refractivity (Wildman–Crippen MR) is 109 cm³/mol. The number of hydrogen-bond acceptors (Lipinski definition) is 2. The standard InChI is InChI=1S/C22H23N3.ClH/c1-2-8-18(9-3-1)16-24-14-7-13-22(17-24)21-12-6-15-25(21)20-11-5-4-10-19(20)23-22;/h1-6,8-12,15,23H,7,13-14,16-17H2;1H. The summed E-state index contributed by atoms with van der Waals surface area (Å²) in [6.45, 7) is 3.23. The largest absolute Gasteiger partial charge is 0.371 e. The zero-order valence-corrected chi connectivity index (χ0v) is 15.6. The molecule has 134 valence electrons. The number of hydrogen-bond donors (Lipinski definition) is 1. The Bertz CT molecular complexity index is 889. The number of halogens is 1. The van der Waals surface area contributed by atoms with Gasteiger partial charge < -0.3 is 9.88 Å². The van der Waals surface area contributed by atoms with Crippen LogP contribution in [0.5, 0.6) is 0 Å². The molecule has 5 rings (SSSR count). The van der Waals surface area contributed by atoms with E-state index in [0.29, 0.717) is 0 Å². The highest BCUT2D eigenvalue weighted by atomic mass is 35.5. The monoisotopic (exact) mass is 365 g/mol. The Labute approximate surface area is 161 Å². The Morgan fingerprint density at radius 1 is 0.923 bits per heavy atom. The second kappa shape index (κ2) is 6.82. The van der Waals surface area contributed by atoms with E-state index in [2.05, 4.69) is 87.7 Å². The Balaban J connectivity index is 0.00000168. The fourth-order valence-electron chi connectivity index (χ4n) is 4.52. The van der Waals surface area contributed by atoms with Gasteiger partial charge in [0.15, 0.2) is 0 Å². The van der Waals surface area contributed by atoms with E-state index in [4.69, 9.17) is 0 Å². The second-order valence-corrected chi connectivity index (χ2v) is 7.29. The number of piperidine rings is 1. The maximum absolute atomic E-state index is 3.91. The summed E-state index contributed by atoms with van der Waals surface area (Å²) in [4.78, 5) is 2.59. The Hall–Kier alpha value is -2.23. The molecule has 3 heterocycles. The molecule has 3 aromatic rings. The molecule has 1 saturated heterocycles. The third kappa shape index (κ3) is 2.81. The first-order valence-corrected chi connectivity index (χ1v) is 9.16. The van der Waals surface area contributed by atoms with Gasteiger partial charge in [0.1, 0.15) is 0 Å². The number of anilines is 1. The number of para-hydroxylation sites is 2. The van der Waals surface area contributed by atoms with E-state index in [0.717, 1.165) is 13.1 Å². The number of rotatable bonds is 2. The molecule has 2 aliphatic heterocycles. The first kappa shape index (κ1) is 17.2. The molecule has 1 N–H and O–H groups in total. The highest BCUT2D eigenvalue weighted by Gasteiger charge is 2.42. The first-order chi connectivity index (χ1) is 12.3. The minimum absolute atomic E-state index is 0. The maximum Gasteiger partial charge on any atom is 0.0908 e. The van der Waals surface area contributed by atoms with Crippen LogP contribution in [-0.2, 0) is 12.1 Å². The number of nitrogens with one attached hydrogen (secondary N) is 1. The van der Waals surface area contributed by atoms with Crippen molar-refractivity contribution < 1.29 is 0 Å². The molecule has 1 atom stereocenters. The van der Waals surface area contributed by atoms with Gasteiger partial charge in [-0.25, -0.2) is 0 Å². The van der Waals surface area contributed by atoms with Gasteiger partial charge in [-0.15, -0.1) is 12.4 Å². The average molecular weight is 366 g/mol. The van der Waals surface area contributed by atoms with E-state index in [1.807, 2.05) is 0 Å². The topological polar surface area (TPSA) is 20.2 Å². The molecule has 1 unspecified atom stereocenters. The number of benzene rings is 2. The summed E-state index contributed by atoms with van der Waals surface area (Å²) in [5.41, 5.74) is 5.29. The molecule has 0 saturated carbocycles. The van der Waals surface area contributed by atoms with Crippen molar-refractivity contribution in [2.75, 3.05) is 18.4 Å². The Morgan fingerprint density at radius 2 is 1.73 bits per heavy atom. The van der Waals surface area contributed by atoms with Gasteiger partial charge in [0.05, 0.1) is 16.9 Å². The highest BCUT2D eigenvalue weighted by Crippen LogP contribution is 2.42. The maximum atomic E-state index is 3.91.